The maximum Gasteiger partial charge on any atom is 0.309 e. The van der Waals surface area contributed by atoms with Crippen molar-refractivity contribution in [1.82, 2.24) is 0 Å². The lowest BCUT2D eigenvalue weighted by molar-refractivity contribution is -0.156. The van der Waals surface area contributed by atoms with E-state index >= 15 is 0 Å². The average molecular weight is 226 g/mol. The molecule has 0 aromatic rings. The summed E-state index contributed by atoms with van der Waals surface area (Å²) in [6, 6.07) is 0. The van der Waals surface area contributed by atoms with E-state index in [0.29, 0.717) is 19.4 Å². The molecule has 0 spiro atoms. The topological polar surface area (TPSA) is 63.6 Å². The summed E-state index contributed by atoms with van der Waals surface area (Å²) in [7, 11) is 0. The van der Waals surface area contributed by atoms with Crippen LogP contribution in [0.15, 0.2) is 0 Å². The number of carbonyl (C=O) groups excluding carboxylic acids is 1. The van der Waals surface area contributed by atoms with Crippen molar-refractivity contribution in [3.63, 3.8) is 0 Å². The molecule has 16 heavy (non-hydrogen) atoms. The molecule has 0 radical (unpaired) electrons. The molecule has 1 N–H and O–H groups in total. The van der Waals surface area contributed by atoms with Gasteiger partial charge in [-0.15, -0.1) is 0 Å². The van der Waals surface area contributed by atoms with Crippen LogP contribution < -0.4 is 0 Å². The second-order valence-corrected chi connectivity index (χ2v) is 4.88. The second-order valence-electron chi connectivity index (χ2n) is 4.88. The second kappa shape index (κ2) is 4.44. The lowest BCUT2D eigenvalue weighted by atomic mass is 9.73. The Labute approximate surface area is 95.0 Å². The van der Waals surface area contributed by atoms with Gasteiger partial charge in [0, 0.05) is 0 Å². The monoisotopic (exact) mass is 226 g/mol. The van der Waals surface area contributed by atoms with Crippen molar-refractivity contribution in [3.05, 3.63) is 0 Å². The van der Waals surface area contributed by atoms with Gasteiger partial charge in [-0.2, -0.15) is 0 Å². The molecular formula is C12H18O4. The zero-order valence-electron chi connectivity index (χ0n) is 9.52. The number of hydrogen-bond acceptors (Lipinski definition) is 3. The van der Waals surface area contributed by atoms with Gasteiger partial charge in [0.05, 0.1) is 18.4 Å². The number of ether oxygens (including phenoxy) is 1. The minimum atomic E-state index is -0.709. The lowest BCUT2D eigenvalue weighted by Crippen LogP contribution is -2.35. The quantitative estimate of drug-likeness (QED) is 0.744. The molecule has 0 amide bonds. The normalized spacial score (nSPS) is 37.1. The van der Waals surface area contributed by atoms with E-state index in [1.807, 2.05) is 6.92 Å². The summed E-state index contributed by atoms with van der Waals surface area (Å²) >= 11 is 0. The van der Waals surface area contributed by atoms with Crippen LogP contribution >= 0.6 is 0 Å². The third-order valence-corrected chi connectivity index (χ3v) is 4.01. The van der Waals surface area contributed by atoms with E-state index in [2.05, 4.69) is 0 Å². The predicted molar refractivity (Wildman–Crippen MR) is 56.7 cm³/mol. The van der Waals surface area contributed by atoms with E-state index in [1.165, 1.54) is 0 Å². The minimum Gasteiger partial charge on any atom is -0.481 e. The highest BCUT2D eigenvalue weighted by atomic mass is 16.5. The Kier molecular flexibility index (Phi) is 3.17. The van der Waals surface area contributed by atoms with Gasteiger partial charge in [-0.3, -0.25) is 9.59 Å². The number of esters is 1. The van der Waals surface area contributed by atoms with Gasteiger partial charge in [-0.25, -0.2) is 0 Å². The SMILES string of the molecule is CCOC(=O)C1C2CCC1CC(C(=O)O)C2. The summed E-state index contributed by atoms with van der Waals surface area (Å²) in [4.78, 5) is 22.7. The lowest BCUT2D eigenvalue weighted by Gasteiger charge is -2.31. The molecule has 2 fully saturated rings. The van der Waals surface area contributed by atoms with Gasteiger partial charge < -0.3 is 9.84 Å². The molecule has 0 aromatic carbocycles. The van der Waals surface area contributed by atoms with Crippen LogP contribution in [0, 0.1) is 23.7 Å². The Balaban J connectivity index is 2.05. The maximum absolute atomic E-state index is 11.8. The van der Waals surface area contributed by atoms with Gasteiger partial charge in [0.1, 0.15) is 0 Å². The summed E-state index contributed by atoms with van der Waals surface area (Å²) in [5.41, 5.74) is 0. The highest BCUT2D eigenvalue weighted by molar-refractivity contribution is 5.75. The number of carbonyl (C=O) groups is 2. The smallest absolute Gasteiger partial charge is 0.309 e. The van der Waals surface area contributed by atoms with E-state index < -0.39 is 5.97 Å². The van der Waals surface area contributed by atoms with E-state index in [1.54, 1.807) is 0 Å². The van der Waals surface area contributed by atoms with Gasteiger partial charge in [0.25, 0.3) is 0 Å². The number of carboxylic acid groups (broad SMARTS) is 1. The number of aliphatic carboxylic acids is 1. The molecule has 4 heteroatoms. The molecule has 2 unspecified atom stereocenters. The van der Waals surface area contributed by atoms with Crippen molar-refractivity contribution in [2.24, 2.45) is 23.7 Å². The molecule has 2 aliphatic carbocycles. The summed E-state index contributed by atoms with van der Waals surface area (Å²) in [5, 5.41) is 9.01. The molecule has 0 aromatic heterocycles. The maximum atomic E-state index is 11.8. The van der Waals surface area contributed by atoms with E-state index in [-0.39, 0.29) is 29.6 Å². The third kappa shape index (κ3) is 1.93. The zero-order chi connectivity index (χ0) is 11.7. The van der Waals surface area contributed by atoms with Crippen LogP contribution in [0.25, 0.3) is 0 Å². The van der Waals surface area contributed by atoms with E-state index in [0.717, 1.165) is 12.8 Å². The Morgan fingerprint density at radius 2 is 1.81 bits per heavy atom. The highest BCUT2D eigenvalue weighted by Gasteiger charge is 2.48. The van der Waals surface area contributed by atoms with E-state index in [4.69, 9.17) is 9.84 Å². The van der Waals surface area contributed by atoms with E-state index in [9.17, 15) is 9.59 Å². The van der Waals surface area contributed by atoms with Gasteiger partial charge in [-0.05, 0) is 44.4 Å². The first-order chi connectivity index (χ1) is 7.63. The molecule has 2 atom stereocenters. The fraction of sp³-hybridized carbons (Fsp3) is 0.833. The Morgan fingerprint density at radius 3 is 2.25 bits per heavy atom. The largest absolute Gasteiger partial charge is 0.481 e. The molecule has 0 saturated heterocycles. The fourth-order valence-corrected chi connectivity index (χ4v) is 3.35. The number of carboxylic acids is 1. The van der Waals surface area contributed by atoms with Gasteiger partial charge in [0.15, 0.2) is 0 Å². The van der Waals surface area contributed by atoms with Crippen molar-refractivity contribution in [1.29, 1.82) is 0 Å². The molecule has 0 heterocycles. The van der Waals surface area contributed by atoms with Crippen LogP contribution in [-0.2, 0) is 14.3 Å². The van der Waals surface area contributed by atoms with Gasteiger partial charge >= 0.3 is 11.9 Å². The Morgan fingerprint density at radius 1 is 1.25 bits per heavy atom. The molecule has 2 rings (SSSR count). The van der Waals surface area contributed by atoms with Gasteiger partial charge in [-0.1, -0.05) is 0 Å². The van der Waals surface area contributed by atoms with Crippen molar-refractivity contribution in [2.75, 3.05) is 6.61 Å². The molecule has 2 bridgehead atoms. The average Bonchev–Trinajstić information content (AvgIpc) is 2.49. The van der Waals surface area contributed by atoms with Crippen LogP contribution in [0.1, 0.15) is 32.6 Å². The Bertz CT molecular complexity index is 285. The molecule has 90 valence electrons. The summed E-state index contributed by atoms with van der Waals surface area (Å²) in [6.45, 7) is 2.22. The van der Waals surface area contributed by atoms with Crippen LogP contribution in [-0.4, -0.2) is 23.7 Å². The van der Waals surface area contributed by atoms with Gasteiger partial charge in [0.2, 0.25) is 0 Å². The molecule has 2 aliphatic rings. The van der Waals surface area contributed by atoms with Crippen molar-refractivity contribution in [2.45, 2.75) is 32.6 Å². The first-order valence-electron chi connectivity index (χ1n) is 6.03. The van der Waals surface area contributed by atoms with Crippen molar-refractivity contribution < 1.29 is 19.4 Å². The van der Waals surface area contributed by atoms with Crippen molar-refractivity contribution in [3.8, 4) is 0 Å². The molecule has 2 saturated carbocycles. The number of fused-ring (bicyclic) bond motifs is 2. The third-order valence-electron chi connectivity index (χ3n) is 4.01. The molecular weight excluding hydrogens is 208 g/mol. The zero-order valence-corrected chi connectivity index (χ0v) is 9.52. The van der Waals surface area contributed by atoms with Crippen LogP contribution in [0.3, 0.4) is 0 Å². The first-order valence-corrected chi connectivity index (χ1v) is 6.03. The number of rotatable bonds is 3. The number of hydrogen-bond donors (Lipinski definition) is 1. The summed E-state index contributed by atoms with van der Waals surface area (Å²) in [6.07, 6.45) is 3.26. The molecule has 0 aliphatic heterocycles. The van der Waals surface area contributed by atoms with Crippen LogP contribution in [0.5, 0.6) is 0 Å². The van der Waals surface area contributed by atoms with Crippen LogP contribution in [0.4, 0.5) is 0 Å². The molecule has 4 nitrogen and oxygen atoms in total. The predicted octanol–water partition coefficient (Wildman–Crippen LogP) is 1.69. The Hall–Kier alpha value is -1.06. The highest BCUT2D eigenvalue weighted by Crippen LogP contribution is 2.49. The summed E-state index contributed by atoms with van der Waals surface area (Å²) in [5.74, 6) is -0.630. The fourth-order valence-electron chi connectivity index (χ4n) is 3.35. The standard InChI is InChI=1S/C12H18O4/c1-2-16-12(15)10-7-3-4-8(10)6-9(5-7)11(13)14/h7-10H,2-6H2,1H3,(H,13,14). The first kappa shape index (κ1) is 11.4. The minimum absolute atomic E-state index is 0.0319. The van der Waals surface area contributed by atoms with Crippen molar-refractivity contribution >= 4 is 11.9 Å². The van der Waals surface area contributed by atoms with Crippen LogP contribution in [0.2, 0.25) is 0 Å². The summed E-state index contributed by atoms with van der Waals surface area (Å²) < 4.78 is 5.07.